The van der Waals surface area contributed by atoms with Crippen LogP contribution in [0.4, 0.5) is 5.69 Å². The molecular weight excluding hydrogens is 310 g/mol. The van der Waals surface area contributed by atoms with E-state index in [4.69, 9.17) is 12.2 Å². The molecule has 2 aromatic carbocycles. The summed E-state index contributed by atoms with van der Waals surface area (Å²) >= 11 is 5.13. The van der Waals surface area contributed by atoms with Crippen molar-refractivity contribution in [3.8, 4) is 0 Å². The maximum atomic E-state index is 12.1. The van der Waals surface area contributed by atoms with Gasteiger partial charge in [-0.3, -0.25) is 14.9 Å². The molecule has 0 heterocycles. The Kier molecular flexibility index (Phi) is 5.43. The van der Waals surface area contributed by atoms with Gasteiger partial charge in [0.25, 0.3) is 11.8 Å². The number of anilines is 1. The SMILES string of the molecule is CNC(=O)c1ccc(NC(=S)NC(=O)c2cccc(C)c2)cc1. The van der Waals surface area contributed by atoms with Crippen molar-refractivity contribution in [2.45, 2.75) is 6.92 Å². The van der Waals surface area contributed by atoms with Crippen molar-refractivity contribution < 1.29 is 9.59 Å². The van der Waals surface area contributed by atoms with Gasteiger partial charge >= 0.3 is 0 Å². The minimum Gasteiger partial charge on any atom is -0.355 e. The van der Waals surface area contributed by atoms with E-state index in [1.807, 2.05) is 19.1 Å². The number of thiocarbonyl (C=S) groups is 1. The lowest BCUT2D eigenvalue weighted by atomic mass is 10.1. The van der Waals surface area contributed by atoms with Crippen molar-refractivity contribution in [2.75, 3.05) is 12.4 Å². The number of carbonyl (C=O) groups is 2. The lowest BCUT2D eigenvalue weighted by Crippen LogP contribution is -2.34. The number of nitrogens with one attached hydrogen (secondary N) is 3. The summed E-state index contributed by atoms with van der Waals surface area (Å²) < 4.78 is 0. The van der Waals surface area contributed by atoms with Crippen LogP contribution < -0.4 is 16.0 Å². The second-order valence-electron chi connectivity index (χ2n) is 4.93. The number of hydrogen-bond acceptors (Lipinski definition) is 3. The maximum absolute atomic E-state index is 12.1. The Morgan fingerprint density at radius 1 is 0.957 bits per heavy atom. The first-order valence-electron chi connectivity index (χ1n) is 7.01. The first-order valence-corrected chi connectivity index (χ1v) is 7.41. The highest BCUT2D eigenvalue weighted by molar-refractivity contribution is 7.80. The number of aryl methyl sites for hydroxylation is 1. The average Bonchev–Trinajstić information content (AvgIpc) is 2.54. The summed E-state index contributed by atoms with van der Waals surface area (Å²) in [6.07, 6.45) is 0. The monoisotopic (exact) mass is 327 g/mol. The van der Waals surface area contributed by atoms with Gasteiger partial charge in [0.05, 0.1) is 0 Å². The van der Waals surface area contributed by atoms with E-state index in [1.165, 1.54) is 0 Å². The molecular formula is C17H17N3O2S. The molecule has 0 unspecified atom stereocenters. The fraction of sp³-hybridized carbons (Fsp3) is 0.118. The van der Waals surface area contributed by atoms with Gasteiger partial charge in [0.15, 0.2) is 5.11 Å². The van der Waals surface area contributed by atoms with Crippen molar-refractivity contribution in [1.29, 1.82) is 0 Å². The highest BCUT2D eigenvalue weighted by Crippen LogP contribution is 2.10. The fourth-order valence-corrected chi connectivity index (χ4v) is 2.18. The van der Waals surface area contributed by atoms with Crippen LogP contribution in [0.25, 0.3) is 0 Å². The molecule has 0 spiro atoms. The minimum atomic E-state index is -0.270. The molecule has 2 aromatic rings. The van der Waals surface area contributed by atoms with Crippen LogP contribution in [-0.4, -0.2) is 24.0 Å². The molecule has 0 aliphatic rings. The van der Waals surface area contributed by atoms with Crippen LogP contribution in [0.3, 0.4) is 0 Å². The van der Waals surface area contributed by atoms with Gasteiger partial charge in [-0.15, -0.1) is 0 Å². The molecule has 0 radical (unpaired) electrons. The molecule has 0 aromatic heterocycles. The number of amides is 2. The van der Waals surface area contributed by atoms with Gasteiger partial charge in [-0.25, -0.2) is 0 Å². The molecule has 6 heteroatoms. The molecule has 0 bridgehead atoms. The van der Waals surface area contributed by atoms with Crippen molar-refractivity contribution >= 4 is 34.8 Å². The van der Waals surface area contributed by atoms with Crippen LogP contribution in [0.1, 0.15) is 26.3 Å². The number of benzene rings is 2. The van der Waals surface area contributed by atoms with Crippen molar-refractivity contribution in [2.24, 2.45) is 0 Å². The largest absolute Gasteiger partial charge is 0.355 e. The van der Waals surface area contributed by atoms with Gasteiger partial charge in [0.2, 0.25) is 0 Å². The summed E-state index contributed by atoms with van der Waals surface area (Å²) in [4.78, 5) is 23.6. The van der Waals surface area contributed by atoms with E-state index in [2.05, 4.69) is 16.0 Å². The molecule has 0 aliphatic heterocycles. The zero-order valence-corrected chi connectivity index (χ0v) is 13.7. The van der Waals surface area contributed by atoms with E-state index in [-0.39, 0.29) is 16.9 Å². The third kappa shape index (κ3) is 4.62. The second kappa shape index (κ2) is 7.51. The van der Waals surface area contributed by atoms with Gasteiger partial charge in [-0.05, 0) is 55.5 Å². The van der Waals surface area contributed by atoms with Crippen LogP contribution in [0.2, 0.25) is 0 Å². The van der Waals surface area contributed by atoms with Crippen LogP contribution >= 0.6 is 12.2 Å². The fourth-order valence-electron chi connectivity index (χ4n) is 1.97. The molecule has 0 aliphatic carbocycles. The van der Waals surface area contributed by atoms with Crippen molar-refractivity contribution in [3.05, 3.63) is 65.2 Å². The van der Waals surface area contributed by atoms with Crippen LogP contribution in [0, 0.1) is 6.92 Å². The Hall–Kier alpha value is -2.73. The Balaban J connectivity index is 1.97. The van der Waals surface area contributed by atoms with E-state index in [9.17, 15) is 9.59 Å². The molecule has 23 heavy (non-hydrogen) atoms. The Morgan fingerprint density at radius 2 is 1.65 bits per heavy atom. The summed E-state index contributed by atoms with van der Waals surface area (Å²) in [5.74, 6) is -0.431. The zero-order chi connectivity index (χ0) is 16.8. The predicted octanol–water partition coefficient (Wildman–Crippen LogP) is 2.48. The maximum Gasteiger partial charge on any atom is 0.257 e. The van der Waals surface area contributed by atoms with E-state index >= 15 is 0 Å². The summed E-state index contributed by atoms with van der Waals surface area (Å²) in [7, 11) is 1.57. The molecule has 2 amide bonds. The van der Waals surface area contributed by atoms with E-state index in [0.29, 0.717) is 16.8 Å². The van der Waals surface area contributed by atoms with Gasteiger partial charge in [0, 0.05) is 23.9 Å². The van der Waals surface area contributed by atoms with Crippen LogP contribution in [0.5, 0.6) is 0 Å². The quantitative estimate of drug-likeness (QED) is 0.758. The van der Waals surface area contributed by atoms with Gasteiger partial charge < -0.3 is 10.6 Å². The summed E-state index contributed by atoms with van der Waals surface area (Å²) in [6, 6.07) is 14.0. The highest BCUT2D eigenvalue weighted by atomic mass is 32.1. The zero-order valence-electron chi connectivity index (χ0n) is 12.8. The molecule has 0 fully saturated rings. The van der Waals surface area contributed by atoms with Crippen LogP contribution in [-0.2, 0) is 0 Å². The Bertz CT molecular complexity index is 742. The summed E-state index contributed by atoms with van der Waals surface area (Å²) in [5, 5.41) is 8.28. The van der Waals surface area contributed by atoms with Gasteiger partial charge in [0.1, 0.15) is 0 Å². The average molecular weight is 327 g/mol. The second-order valence-corrected chi connectivity index (χ2v) is 5.34. The number of rotatable bonds is 3. The number of hydrogen-bond donors (Lipinski definition) is 3. The summed E-state index contributed by atoms with van der Waals surface area (Å²) in [6.45, 7) is 1.92. The van der Waals surface area contributed by atoms with Crippen molar-refractivity contribution in [1.82, 2.24) is 10.6 Å². The standard InChI is InChI=1S/C17H17N3O2S/c1-11-4-3-5-13(10-11)16(22)20-17(23)19-14-8-6-12(7-9-14)15(21)18-2/h3-10H,1-2H3,(H,18,21)(H2,19,20,22,23). The van der Waals surface area contributed by atoms with E-state index < -0.39 is 0 Å². The third-order valence-electron chi connectivity index (χ3n) is 3.14. The summed E-state index contributed by atoms with van der Waals surface area (Å²) in [5.41, 5.74) is 2.78. The van der Waals surface area contributed by atoms with Gasteiger partial charge in [-0.1, -0.05) is 17.7 Å². The van der Waals surface area contributed by atoms with Gasteiger partial charge in [-0.2, -0.15) is 0 Å². The molecule has 0 saturated carbocycles. The Morgan fingerprint density at radius 3 is 2.26 bits per heavy atom. The molecule has 2 rings (SSSR count). The predicted molar refractivity (Wildman–Crippen MR) is 94.7 cm³/mol. The van der Waals surface area contributed by atoms with E-state index in [0.717, 1.165) is 5.56 Å². The number of carbonyl (C=O) groups excluding carboxylic acids is 2. The molecule has 0 saturated heterocycles. The first-order chi connectivity index (χ1) is 11.0. The normalized spacial score (nSPS) is 9.83. The topological polar surface area (TPSA) is 70.2 Å². The molecule has 3 N–H and O–H groups in total. The van der Waals surface area contributed by atoms with Crippen molar-refractivity contribution in [3.63, 3.8) is 0 Å². The highest BCUT2D eigenvalue weighted by Gasteiger charge is 2.08. The lowest BCUT2D eigenvalue weighted by molar-refractivity contribution is 0.0959. The van der Waals surface area contributed by atoms with E-state index in [1.54, 1.807) is 43.4 Å². The minimum absolute atomic E-state index is 0.160. The first kappa shape index (κ1) is 16.6. The molecule has 118 valence electrons. The Labute approximate surface area is 140 Å². The molecule has 5 nitrogen and oxygen atoms in total. The van der Waals surface area contributed by atoms with Crippen LogP contribution in [0.15, 0.2) is 48.5 Å². The lowest BCUT2D eigenvalue weighted by Gasteiger charge is -2.10. The molecule has 0 atom stereocenters. The smallest absolute Gasteiger partial charge is 0.257 e. The third-order valence-corrected chi connectivity index (χ3v) is 3.34.